The number of nitrogens with zero attached hydrogens (tertiary/aromatic N) is 2. The number of ether oxygens (including phenoxy) is 1. The van der Waals surface area contributed by atoms with Gasteiger partial charge in [-0.3, -0.25) is 4.57 Å². The molecule has 0 fully saturated rings. The molecule has 5 nitrogen and oxygen atoms in total. The van der Waals surface area contributed by atoms with Crippen LogP contribution in [-0.4, -0.2) is 35.9 Å². The van der Waals surface area contributed by atoms with Crippen LogP contribution in [0.3, 0.4) is 0 Å². The van der Waals surface area contributed by atoms with E-state index in [0.717, 1.165) is 44.1 Å². The van der Waals surface area contributed by atoms with Crippen molar-refractivity contribution in [1.29, 1.82) is 0 Å². The van der Waals surface area contributed by atoms with Crippen LogP contribution in [0.25, 0.3) is 0 Å². The smallest absolute Gasteiger partial charge is 0.347 e. The summed E-state index contributed by atoms with van der Waals surface area (Å²) in [4.78, 5) is 15.6. The van der Waals surface area contributed by atoms with Crippen molar-refractivity contribution in [3.63, 3.8) is 0 Å². The molecule has 1 aromatic rings. The Kier molecular flexibility index (Phi) is 6.60. The molecule has 0 saturated carbocycles. The Labute approximate surface area is 108 Å². The van der Waals surface area contributed by atoms with Gasteiger partial charge in [0.1, 0.15) is 0 Å². The molecule has 0 aliphatic heterocycles. The fraction of sp³-hybridized carbons (Fsp3) is 0.692. The molecule has 0 atom stereocenters. The second-order valence-electron chi connectivity index (χ2n) is 4.27. The molecular weight excluding hydrogens is 230 g/mol. The maximum atomic E-state index is 11.7. The summed E-state index contributed by atoms with van der Waals surface area (Å²) in [5.41, 5.74) is 1.57. The Morgan fingerprint density at radius 3 is 2.83 bits per heavy atom. The van der Waals surface area contributed by atoms with Gasteiger partial charge in [-0.25, -0.2) is 4.79 Å². The molecule has 0 bridgehead atoms. The van der Waals surface area contributed by atoms with Crippen molar-refractivity contribution in [2.75, 3.05) is 26.3 Å². The van der Waals surface area contributed by atoms with Gasteiger partial charge in [-0.1, -0.05) is 0 Å². The second-order valence-corrected chi connectivity index (χ2v) is 4.27. The number of hydrogen-bond donors (Lipinski definition) is 1. The lowest BCUT2D eigenvalue weighted by molar-refractivity contribution is 0.145. The normalized spacial score (nSPS) is 10.8. The predicted molar refractivity (Wildman–Crippen MR) is 72.0 cm³/mol. The van der Waals surface area contributed by atoms with Crippen molar-refractivity contribution in [2.24, 2.45) is 0 Å². The van der Waals surface area contributed by atoms with Gasteiger partial charge in [0.25, 0.3) is 0 Å². The Balaban J connectivity index is 2.30. The molecule has 0 radical (unpaired) electrons. The first-order chi connectivity index (χ1) is 8.65. The van der Waals surface area contributed by atoms with Crippen molar-refractivity contribution in [3.05, 3.63) is 27.9 Å². The van der Waals surface area contributed by atoms with Gasteiger partial charge >= 0.3 is 5.69 Å². The van der Waals surface area contributed by atoms with Crippen LogP contribution in [0.4, 0.5) is 0 Å². The van der Waals surface area contributed by atoms with Gasteiger partial charge in [0.15, 0.2) is 0 Å². The van der Waals surface area contributed by atoms with Crippen LogP contribution in [0.15, 0.2) is 10.9 Å². The number of rotatable bonds is 8. The van der Waals surface area contributed by atoms with Gasteiger partial charge in [-0.15, -0.1) is 0 Å². The first-order valence-corrected chi connectivity index (χ1v) is 6.48. The molecular formula is C13H23N3O2. The minimum atomic E-state index is -0.163. The summed E-state index contributed by atoms with van der Waals surface area (Å²) in [5.74, 6) is 0. The van der Waals surface area contributed by atoms with Crippen LogP contribution in [0, 0.1) is 13.8 Å². The Bertz CT molecular complexity index is 415. The number of aromatic nitrogens is 2. The maximum Gasteiger partial charge on any atom is 0.347 e. The van der Waals surface area contributed by atoms with E-state index in [4.69, 9.17) is 4.74 Å². The lowest BCUT2D eigenvalue weighted by Gasteiger charge is -2.10. The molecule has 0 aliphatic carbocycles. The lowest BCUT2D eigenvalue weighted by Crippen LogP contribution is -2.31. The van der Waals surface area contributed by atoms with E-state index in [0.29, 0.717) is 6.54 Å². The van der Waals surface area contributed by atoms with Crippen molar-refractivity contribution in [1.82, 2.24) is 14.9 Å². The average Bonchev–Trinajstić information content (AvgIpc) is 2.30. The third-order valence-electron chi connectivity index (χ3n) is 2.70. The summed E-state index contributed by atoms with van der Waals surface area (Å²) < 4.78 is 6.94. The van der Waals surface area contributed by atoms with E-state index in [2.05, 4.69) is 10.3 Å². The highest BCUT2D eigenvalue weighted by molar-refractivity contribution is 5.06. The highest BCUT2D eigenvalue weighted by Crippen LogP contribution is 1.95. The van der Waals surface area contributed by atoms with Gasteiger partial charge in [-0.2, -0.15) is 4.98 Å². The van der Waals surface area contributed by atoms with Gasteiger partial charge in [0.05, 0.1) is 0 Å². The minimum absolute atomic E-state index is 0.163. The molecule has 0 unspecified atom stereocenters. The molecule has 1 heterocycles. The summed E-state index contributed by atoms with van der Waals surface area (Å²) in [6.07, 6.45) is 0.994. The molecule has 0 saturated heterocycles. The minimum Gasteiger partial charge on any atom is -0.382 e. The number of aryl methyl sites for hydroxylation is 2. The van der Waals surface area contributed by atoms with Gasteiger partial charge in [-0.05, 0) is 39.8 Å². The third kappa shape index (κ3) is 4.98. The molecule has 1 aromatic heterocycles. The van der Waals surface area contributed by atoms with E-state index in [9.17, 15) is 4.79 Å². The highest BCUT2D eigenvalue weighted by atomic mass is 16.5. The summed E-state index contributed by atoms with van der Waals surface area (Å²) in [5, 5.41) is 3.29. The standard InChI is InChI=1S/C13H23N3O2/c1-4-18-9-5-6-14-7-8-16-12(3)10-11(2)15-13(16)17/h10,14H,4-9H2,1-3H3. The zero-order chi connectivity index (χ0) is 13.4. The molecule has 0 aromatic carbocycles. The van der Waals surface area contributed by atoms with E-state index < -0.39 is 0 Å². The highest BCUT2D eigenvalue weighted by Gasteiger charge is 2.01. The van der Waals surface area contributed by atoms with E-state index >= 15 is 0 Å². The Morgan fingerprint density at radius 1 is 1.39 bits per heavy atom. The van der Waals surface area contributed by atoms with Crippen molar-refractivity contribution in [3.8, 4) is 0 Å². The van der Waals surface area contributed by atoms with E-state index in [-0.39, 0.29) is 5.69 Å². The predicted octanol–water partition coefficient (Wildman–Crippen LogP) is 0.876. The lowest BCUT2D eigenvalue weighted by atomic mass is 10.3. The van der Waals surface area contributed by atoms with Crippen molar-refractivity contribution >= 4 is 0 Å². The molecule has 5 heteroatoms. The number of hydrogen-bond acceptors (Lipinski definition) is 4. The second kappa shape index (κ2) is 8.00. The largest absolute Gasteiger partial charge is 0.382 e. The topological polar surface area (TPSA) is 56.1 Å². The quantitative estimate of drug-likeness (QED) is 0.699. The van der Waals surface area contributed by atoms with Crippen LogP contribution in [0.2, 0.25) is 0 Å². The van der Waals surface area contributed by atoms with Crippen LogP contribution in [0.5, 0.6) is 0 Å². The van der Waals surface area contributed by atoms with Gasteiger partial charge < -0.3 is 10.1 Å². The molecule has 1 N–H and O–H groups in total. The van der Waals surface area contributed by atoms with Crippen molar-refractivity contribution in [2.45, 2.75) is 33.7 Å². The van der Waals surface area contributed by atoms with Crippen LogP contribution in [0.1, 0.15) is 24.7 Å². The number of nitrogens with one attached hydrogen (secondary N) is 1. The summed E-state index contributed by atoms with van der Waals surface area (Å²) in [7, 11) is 0. The van der Waals surface area contributed by atoms with E-state index in [1.54, 1.807) is 4.57 Å². The third-order valence-corrected chi connectivity index (χ3v) is 2.70. The molecule has 18 heavy (non-hydrogen) atoms. The first-order valence-electron chi connectivity index (χ1n) is 6.48. The zero-order valence-corrected chi connectivity index (χ0v) is 11.5. The maximum absolute atomic E-state index is 11.7. The van der Waals surface area contributed by atoms with E-state index in [1.165, 1.54) is 0 Å². The Hall–Kier alpha value is -1.20. The monoisotopic (exact) mass is 253 g/mol. The molecule has 0 amide bonds. The fourth-order valence-corrected chi connectivity index (χ4v) is 1.81. The van der Waals surface area contributed by atoms with Gasteiger partial charge in [0.2, 0.25) is 0 Å². The van der Waals surface area contributed by atoms with Crippen LogP contribution < -0.4 is 11.0 Å². The van der Waals surface area contributed by atoms with Gasteiger partial charge in [0, 0.05) is 37.7 Å². The first kappa shape index (κ1) is 14.9. The van der Waals surface area contributed by atoms with E-state index in [1.807, 2.05) is 26.8 Å². The van der Waals surface area contributed by atoms with Crippen LogP contribution in [-0.2, 0) is 11.3 Å². The summed E-state index contributed by atoms with van der Waals surface area (Å²) in [6, 6.07) is 1.93. The molecule has 0 aliphatic rings. The zero-order valence-electron chi connectivity index (χ0n) is 11.5. The molecule has 102 valence electrons. The summed E-state index contributed by atoms with van der Waals surface area (Å²) in [6.45, 7) is 9.67. The average molecular weight is 253 g/mol. The fourth-order valence-electron chi connectivity index (χ4n) is 1.81. The van der Waals surface area contributed by atoms with Crippen molar-refractivity contribution < 1.29 is 4.74 Å². The van der Waals surface area contributed by atoms with Crippen LogP contribution >= 0.6 is 0 Å². The Morgan fingerprint density at radius 2 is 2.17 bits per heavy atom. The SMILES string of the molecule is CCOCCCNCCn1c(C)cc(C)nc1=O. The molecule has 1 rings (SSSR count). The molecule has 0 spiro atoms. The summed E-state index contributed by atoms with van der Waals surface area (Å²) >= 11 is 0.